The summed E-state index contributed by atoms with van der Waals surface area (Å²) in [5.74, 6) is 2.08. The molecule has 2 aliphatic heterocycles. The van der Waals surface area contributed by atoms with Crippen molar-refractivity contribution in [1.82, 2.24) is 24.3 Å². The van der Waals surface area contributed by atoms with Crippen LogP contribution in [0.3, 0.4) is 0 Å². The lowest BCUT2D eigenvalue weighted by molar-refractivity contribution is 0.174. The summed E-state index contributed by atoms with van der Waals surface area (Å²) in [6.45, 7) is 2.31. The van der Waals surface area contributed by atoms with Gasteiger partial charge in [-0.15, -0.1) is 10.2 Å². The highest BCUT2D eigenvalue weighted by Gasteiger charge is 2.28. The second kappa shape index (κ2) is 6.47. The third-order valence-electron chi connectivity index (χ3n) is 4.73. The summed E-state index contributed by atoms with van der Waals surface area (Å²) in [6, 6.07) is 5.73. The molecule has 0 amide bonds. The number of rotatable bonds is 3. The van der Waals surface area contributed by atoms with E-state index in [0.717, 1.165) is 47.3 Å². The van der Waals surface area contributed by atoms with Crippen LogP contribution in [-0.4, -0.2) is 50.5 Å². The van der Waals surface area contributed by atoms with Crippen molar-refractivity contribution in [1.29, 1.82) is 0 Å². The molecule has 4 heterocycles. The van der Waals surface area contributed by atoms with Gasteiger partial charge >= 0.3 is 0 Å². The molecule has 27 heavy (non-hydrogen) atoms. The predicted octanol–water partition coefficient (Wildman–Crippen LogP) is 2.46. The molecule has 0 saturated carbocycles. The second-order valence-corrected chi connectivity index (χ2v) is 6.86. The fraction of sp³-hybridized carbons (Fsp3) is 0.333. The molecule has 1 aromatic carbocycles. The quantitative estimate of drug-likeness (QED) is 0.542. The van der Waals surface area contributed by atoms with Crippen LogP contribution < -0.4 is 0 Å². The van der Waals surface area contributed by atoms with E-state index in [1.54, 1.807) is 13.4 Å². The Morgan fingerprint density at radius 2 is 2.22 bits per heavy atom. The molecule has 0 atom stereocenters. The first-order valence-electron chi connectivity index (χ1n) is 8.71. The van der Waals surface area contributed by atoms with E-state index in [9.17, 15) is 0 Å². The minimum Gasteiger partial charge on any atom is -0.476 e. The van der Waals surface area contributed by atoms with Gasteiger partial charge in [0.2, 0.25) is 5.90 Å². The second-order valence-electron chi connectivity index (χ2n) is 6.42. The Kier molecular flexibility index (Phi) is 3.95. The monoisotopic (exact) mass is 384 g/mol. The summed E-state index contributed by atoms with van der Waals surface area (Å²) in [6.07, 6.45) is 2.72. The Hall–Kier alpha value is -2.71. The van der Waals surface area contributed by atoms with Crippen molar-refractivity contribution in [3.8, 4) is 17.1 Å². The predicted molar refractivity (Wildman–Crippen MR) is 99.4 cm³/mol. The molecular weight excluding hydrogens is 368 g/mol. The van der Waals surface area contributed by atoms with Crippen molar-refractivity contribution >= 4 is 17.5 Å². The molecule has 3 aromatic rings. The smallest absolute Gasteiger partial charge is 0.237 e. The van der Waals surface area contributed by atoms with Crippen molar-refractivity contribution in [3.63, 3.8) is 0 Å². The van der Waals surface area contributed by atoms with Crippen LogP contribution in [0, 0.1) is 0 Å². The molecule has 0 radical (unpaired) electrons. The molecule has 0 unspecified atom stereocenters. The first-order chi connectivity index (χ1) is 13.3. The van der Waals surface area contributed by atoms with E-state index in [0.29, 0.717) is 30.7 Å². The number of fused-ring (bicyclic) bond motifs is 5. The van der Waals surface area contributed by atoms with Crippen molar-refractivity contribution in [2.75, 3.05) is 20.3 Å². The standard InChI is InChI=1S/C18H17ClN6O2/c1-26-9-15-22-23-17-12-7-11(19)3-4-13(12)25-10-21-16(14(25)8-24(15)17)18-20-5-2-6-27-18/h3-4,7,10H,2,5-6,8-9H2,1H3. The Bertz CT molecular complexity index is 1050. The molecular formula is C18H17ClN6O2. The molecule has 0 saturated heterocycles. The number of aliphatic imine (C=N–C) groups is 1. The molecule has 8 nitrogen and oxygen atoms in total. The van der Waals surface area contributed by atoms with Crippen molar-refractivity contribution in [2.24, 2.45) is 4.99 Å². The Morgan fingerprint density at radius 3 is 3.04 bits per heavy atom. The maximum atomic E-state index is 6.27. The average Bonchev–Trinajstić information content (AvgIpc) is 3.25. The van der Waals surface area contributed by atoms with Gasteiger partial charge in [0.15, 0.2) is 11.6 Å². The average molecular weight is 385 g/mol. The number of hydrogen-bond donors (Lipinski definition) is 0. The highest BCUT2D eigenvalue weighted by Crippen LogP contribution is 2.34. The fourth-order valence-corrected chi connectivity index (χ4v) is 3.67. The van der Waals surface area contributed by atoms with Crippen LogP contribution >= 0.6 is 11.6 Å². The molecule has 5 rings (SSSR count). The van der Waals surface area contributed by atoms with E-state index < -0.39 is 0 Å². The van der Waals surface area contributed by atoms with Gasteiger partial charge in [0.05, 0.1) is 24.5 Å². The van der Waals surface area contributed by atoms with Gasteiger partial charge in [-0.25, -0.2) is 9.98 Å². The van der Waals surface area contributed by atoms with Gasteiger partial charge in [0, 0.05) is 30.7 Å². The fourth-order valence-electron chi connectivity index (χ4n) is 3.50. The summed E-state index contributed by atoms with van der Waals surface area (Å²) >= 11 is 6.27. The lowest BCUT2D eigenvalue weighted by atomic mass is 10.1. The van der Waals surface area contributed by atoms with Gasteiger partial charge in [-0.3, -0.25) is 4.57 Å². The van der Waals surface area contributed by atoms with Gasteiger partial charge in [-0.2, -0.15) is 0 Å². The zero-order chi connectivity index (χ0) is 18.4. The number of nitrogens with zero attached hydrogens (tertiary/aromatic N) is 6. The van der Waals surface area contributed by atoms with E-state index >= 15 is 0 Å². The molecule has 0 bridgehead atoms. The number of imidazole rings is 1. The summed E-state index contributed by atoms with van der Waals surface area (Å²) in [7, 11) is 1.64. The van der Waals surface area contributed by atoms with Crippen molar-refractivity contribution < 1.29 is 9.47 Å². The van der Waals surface area contributed by atoms with Crippen LogP contribution in [0.5, 0.6) is 0 Å². The molecule has 138 valence electrons. The number of ether oxygens (including phenoxy) is 2. The minimum atomic E-state index is 0.365. The van der Waals surface area contributed by atoms with E-state index in [1.165, 1.54) is 0 Å². The summed E-state index contributed by atoms with van der Waals surface area (Å²) in [5, 5.41) is 9.35. The van der Waals surface area contributed by atoms with E-state index in [2.05, 4.69) is 20.2 Å². The van der Waals surface area contributed by atoms with Crippen LogP contribution in [0.4, 0.5) is 0 Å². The van der Waals surface area contributed by atoms with Gasteiger partial charge in [0.25, 0.3) is 0 Å². The highest BCUT2D eigenvalue weighted by atomic mass is 35.5. The maximum absolute atomic E-state index is 6.27. The number of benzene rings is 1. The van der Waals surface area contributed by atoms with Crippen LogP contribution in [0.1, 0.15) is 23.6 Å². The number of halogens is 1. The lowest BCUT2D eigenvalue weighted by Crippen LogP contribution is -2.18. The normalized spacial score (nSPS) is 15.3. The Labute approximate surface area is 160 Å². The largest absolute Gasteiger partial charge is 0.476 e. The van der Waals surface area contributed by atoms with Gasteiger partial charge < -0.3 is 14.0 Å². The highest BCUT2D eigenvalue weighted by molar-refractivity contribution is 6.31. The Morgan fingerprint density at radius 1 is 1.30 bits per heavy atom. The molecule has 0 aliphatic carbocycles. The van der Waals surface area contributed by atoms with Crippen molar-refractivity contribution in [2.45, 2.75) is 19.6 Å². The topological polar surface area (TPSA) is 79.3 Å². The van der Waals surface area contributed by atoms with E-state index in [-0.39, 0.29) is 0 Å². The molecule has 2 aliphatic rings. The van der Waals surface area contributed by atoms with Crippen LogP contribution in [0.15, 0.2) is 29.5 Å². The van der Waals surface area contributed by atoms with Crippen LogP contribution in [0.25, 0.3) is 17.1 Å². The first kappa shape index (κ1) is 16.5. The summed E-state index contributed by atoms with van der Waals surface area (Å²) in [5.41, 5.74) is 3.56. The van der Waals surface area contributed by atoms with E-state index in [4.69, 9.17) is 21.1 Å². The molecule has 0 N–H and O–H groups in total. The number of hydrogen-bond acceptors (Lipinski definition) is 6. The Balaban J connectivity index is 1.75. The number of aromatic nitrogens is 5. The SMILES string of the molecule is COCc1nnc2n1Cc1c(C3=NCCCO3)ncn1-c1ccc(Cl)cc1-2. The van der Waals surface area contributed by atoms with Gasteiger partial charge in [-0.1, -0.05) is 11.6 Å². The maximum Gasteiger partial charge on any atom is 0.237 e. The summed E-state index contributed by atoms with van der Waals surface area (Å²) in [4.78, 5) is 9.12. The van der Waals surface area contributed by atoms with Crippen molar-refractivity contribution in [3.05, 3.63) is 46.8 Å². The van der Waals surface area contributed by atoms with Crippen LogP contribution in [-0.2, 0) is 22.6 Å². The molecule has 2 aromatic heterocycles. The molecule has 9 heteroatoms. The summed E-state index contributed by atoms with van der Waals surface area (Å²) < 4.78 is 15.2. The minimum absolute atomic E-state index is 0.365. The van der Waals surface area contributed by atoms with E-state index in [1.807, 2.05) is 27.3 Å². The zero-order valence-electron chi connectivity index (χ0n) is 14.7. The van der Waals surface area contributed by atoms with Gasteiger partial charge in [0.1, 0.15) is 18.6 Å². The number of methoxy groups -OCH3 is 1. The zero-order valence-corrected chi connectivity index (χ0v) is 15.5. The van der Waals surface area contributed by atoms with Crippen LogP contribution in [0.2, 0.25) is 5.02 Å². The third kappa shape index (κ3) is 2.64. The lowest BCUT2D eigenvalue weighted by Gasteiger charge is -2.14. The molecule has 0 spiro atoms. The first-order valence-corrected chi connectivity index (χ1v) is 9.09. The van der Waals surface area contributed by atoms with Gasteiger partial charge in [-0.05, 0) is 18.2 Å². The third-order valence-corrected chi connectivity index (χ3v) is 4.97. The molecule has 0 fully saturated rings.